The monoisotopic (exact) mass is 420 g/mol. The average Bonchev–Trinajstić information content (AvgIpc) is 3.05. The fraction of sp³-hybridized carbons (Fsp3) is 0.0588. The van der Waals surface area contributed by atoms with Gasteiger partial charge in [0.05, 0.1) is 12.7 Å². The number of methoxy groups -OCH3 is 1. The molecule has 6 heteroatoms. The fourth-order valence-electron chi connectivity index (χ4n) is 2.12. The molecule has 5 nitrogen and oxygen atoms in total. The van der Waals surface area contributed by atoms with Crippen molar-refractivity contribution in [3.05, 3.63) is 63.9 Å². The Morgan fingerprint density at radius 3 is 2.78 bits per heavy atom. The van der Waals surface area contributed by atoms with E-state index in [0.29, 0.717) is 17.2 Å². The maximum Gasteiger partial charge on any atom is 0.277 e. The van der Waals surface area contributed by atoms with Gasteiger partial charge in [-0.3, -0.25) is 4.79 Å². The molecule has 0 atom stereocenters. The van der Waals surface area contributed by atoms with Crippen molar-refractivity contribution >= 4 is 34.2 Å². The van der Waals surface area contributed by atoms with Crippen molar-refractivity contribution in [3.63, 3.8) is 0 Å². The minimum atomic E-state index is -0.322. The molecule has 1 aromatic heterocycles. The summed E-state index contributed by atoms with van der Waals surface area (Å²) in [6.07, 6.45) is 0. The van der Waals surface area contributed by atoms with Crippen LogP contribution in [0.3, 0.4) is 0 Å². The molecule has 0 radical (unpaired) electrons. The Balaban J connectivity index is 1.83. The summed E-state index contributed by atoms with van der Waals surface area (Å²) in [7, 11) is 1.58. The molecule has 0 fully saturated rings. The standard InChI is InChI=1S/C17H13IN2O3/c1-22-15-8-3-2-7-13(15)16-10-14(20-23-16)17(21)19-12-6-4-5-11(18)9-12/h2-10H,1H3,(H,19,21). The Morgan fingerprint density at radius 1 is 1.17 bits per heavy atom. The number of benzene rings is 2. The second-order valence-corrected chi connectivity index (χ2v) is 5.99. The van der Waals surface area contributed by atoms with Gasteiger partial charge in [-0.1, -0.05) is 23.4 Å². The Kier molecular flexibility index (Phi) is 4.61. The number of hydrogen-bond acceptors (Lipinski definition) is 4. The van der Waals surface area contributed by atoms with Crippen LogP contribution < -0.4 is 10.1 Å². The van der Waals surface area contributed by atoms with Crippen LogP contribution in [0.1, 0.15) is 10.5 Å². The number of amides is 1. The molecular formula is C17H13IN2O3. The SMILES string of the molecule is COc1ccccc1-c1cc(C(=O)Nc2cccc(I)c2)no1. The first-order valence-corrected chi connectivity index (χ1v) is 7.92. The number of nitrogens with one attached hydrogen (secondary N) is 1. The van der Waals surface area contributed by atoms with Gasteiger partial charge in [0.1, 0.15) is 5.75 Å². The summed E-state index contributed by atoms with van der Waals surface area (Å²) in [5.41, 5.74) is 1.67. The van der Waals surface area contributed by atoms with Crippen LogP contribution in [0.15, 0.2) is 59.1 Å². The number of nitrogens with zero attached hydrogens (tertiary/aromatic N) is 1. The molecule has 1 heterocycles. The Labute approximate surface area is 146 Å². The van der Waals surface area contributed by atoms with E-state index in [0.717, 1.165) is 9.13 Å². The van der Waals surface area contributed by atoms with Gasteiger partial charge in [0.15, 0.2) is 11.5 Å². The van der Waals surface area contributed by atoms with Gasteiger partial charge in [-0.05, 0) is 52.9 Å². The van der Waals surface area contributed by atoms with Gasteiger partial charge in [0.2, 0.25) is 0 Å². The number of anilines is 1. The predicted octanol–water partition coefficient (Wildman–Crippen LogP) is 4.21. The summed E-state index contributed by atoms with van der Waals surface area (Å²) >= 11 is 2.19. The molecule has 0 bridgehead atoms. The molecule has 2 aromatic carbocycles. The molecule has 1 N–H and O–H groups in total. The molecule has 0 spiro atoms. The first-order valence-electron chi connectivity index (χ1n) is 6.84. The van der Waals surface area contributed by atoms with Crippen LogP contribution in [-0.4, -0.2) is 18.2 Å². The molecule has 0 aliphatic rings. The van der Waals surface area contributed by atoms with Gasteiger partial charge in [0.25, 0.3) is 5.91 Å². The lowest BCUT2D eigenvalue weighted by atomic mass is 10.1. The molecule has 3 aromatic rings. The van der Waals surface area contributed by atoms with Gasteiger partial charge in [-0.15, -0.1) is 0 Å². The van der Waals surface area contributed by atoms with Crippen LogP contribution >= 0.6 is 22.6 Å². The van der Waals surface area contributed by atoms with Gasteiger partial charge in [0, 0.05) is 15.3 Å². The summed E-state index contributed by atoms with van der Waals surface area (Å²) in [4.78, 5) is 12.3. The molecule has 116 valence electrons. The number of para-hydroxylation sites is 1. The van der Waals surface area contributed by atoms with Crippen molar-refractivity contribution in [2.24, 2.45) is 0 Å². The average molecular weight is 420 g/mol. The lowest BCUT2D eigenvalue weighted by molar-refractivity contribution is 0.101. The molecule has 0 saturated heterocycles. The lowest BCUT2D eigenvalue weighted by Crippen LogP contribution is -2.12. The van der Waals surface area contributed by atoms with E-state index >= 15 is 0 Å². The van der Waals surface area contributed by atoms with Crippen molar-refractivity contribution in [1.82, 2.24) is 5.16 Å². The summed E-state index contributed by atoms with van der Waals surface area (Å²) in [6.45, 7) is 0. The molecule has 0 aliphatic carbocycles. The minimum Gasteiger partial charge on any atom is -0.496 e. The number of aromatic nitrogens is 1. The van der Waals surface area contributed by atoms with E-state index in [-0.39, 0.29) is 11.6 Å². The zero-order valence-electron chi connectivity index (χ0n) is 12.2. The van der Waals surface area contributed by atoms with Gasteiger partial charge in [-0.25, -0.2) is 0 Å². The van der Waals surface area contributed by atoms with Crippen molar-refractivity contribution in [2.75, 3.05) is 12.4 Å². The molecule has 3 rings (SSSR count). The van der Waals surface area contributed by atoms with Crippen LogP contribution in [0.5, 0.6) is 5.75 Å². The first kappa shape index (κ1) is 15.5. The summed E-state index contributed by atoms with van der Waals surface area (Å²) in [5, 5.41) is 6.64. The number of carbonyl (C=O) groups excluding carboxylic acids is 1. The third kappa shape index (κ3) is 3.53. The normalized spacial score (nSPS) is 10.3. The van der Waals surface area contributed by atoms with Crippen LogP contribution in [-0.2, 0) is 0 Å². The number of ether oxygens (including phenoxy) is 1. The van der Waals surface area contributed by atoms with E-state index in [4.69, 9.17) is 9.26 Å². The first-order chi connectivity index (χ1) is 11.2. The van der Waals surface area contributed by atoms with Crippen LogP contribution in [0.25, 0.3) is 11.3 Å². The number of rotatable bonds is 4. The molecular weight excluding hydrogens is 407 g/mol. The molecule has 1 amide bonds. The smallest absolute Gasteiger partial charge is 0.277 e. The van der Waals surface area contributed by atoms with E-state index in [2.05, 4.69) is 33.1 Å². The number of halogens is 1. The highest BCUT2D eigenvalue weighted by molar-refractivity contribution is 14.1. The molecule has 0 unspecified atom stereocenters. The van der Waals surface area contributed by atoms with Gasteiger partial charge >= 0.3 is 0 Å². The highest BCUT2D eigenvalue weighted by atomic mass is 127. The van der Waals surface area contributed by atoms with Crippen molar-refractivity contribution in [3.8, 4) is 17.1 Å². The molecule has 0 saturated carbocycles. The van der Waals surface area contributed by atoms with E-state index in [1.807, 2.05) is 48.5 Å². The highest BCUT2D eigenvalue weighted by Gasteiger charge is 2.16. The second-order valence-electron chi connectivity index (χ2n) is 4.74. The maximum atomic E-state index is 12.3. The predicted molar refractivity (Wildman–Crippen MR) is 95.6 cm³/mol. The molecule has 23 heavy (non-hydrogen) atoms. The van der Waals surface area contributed by atoms with E-state index in [1.54, 1.807) is 13.2 Å². The summed E-state index contributed by atoms with van der Waals surface area (Å²) in [6, 6.07) is 16.5. The van der Waals surface area contributed by atoms with Crippen LogP contribution in [0.4, 0.5) is 5.69 Å². The van der Waals surface area contributed by atoms with Gasteiger partial charge in [-0.2, -0.15) is 0 Å². The topological polar surface area (TPSA) is 64.4 Å². The van der Waals surface area contributed by atoms with E-state index < -0.39 is 0 Å². The third-order valence-electron chi connectivity index (χ3n) is 3.20. The molecule has 0 aliphatic heterocycles. The van der Waals surface area contributed by atoms with Crippen molar-refractivity contribution < 1.29 is 14.1 Å². The number of carbonyl (C=O) groups is 1. The maximum absolute atomic E-state index is 12.3. The summed E-state index contributed by atoms with van der Waals surface area (Å²) in [5.74, 6) is 0.820. The Bertz CT molecular complexity index is 845. The largest absolute Gasteiger partial charge is 0.496 e. The lowest BCUT2D eigenvalue weighted by Gasteiger charge is -2.04. The fourth-order valence-corrected chi connectivity index (χ4v) is 2.66. The quantitative estimate of drug-likeness (QED) is 0.643. The van der Waals surface area contributed by atoms with Crippen molar-refractivity contribution in [1.29, 1.82) is 0 Å². The van der Waals surface area contributed by atoms with Crippen LogP contribution in [0, 0.1) is 3.57 Å². The van der Waals surface area contributed by atoms with Gasteiger partial charge < -0.3 is 14.6 Å². The van der Waals surface area contributed by atoms with Crippen molar-refractivity contribution in [2.45, 2.75) is 0 Å². The van der Waals surface area contributed by atoms with E-state index in [1.165, 1.54) is 0 Å². The Morgan fingerprint density at radius 2 is 2.00 bits per heavy atom. The third-order valence-corrected chi connectivity index (χ3v) is 3.87. The Hall–Kier alpha value is -2.35. The summed E-state index contributed by atoms with van der Waals surface area (Å²) < 4.78 is 11.6. The second kappa shape index (κ2) is 6.82. The highest BCUT2D eigenvalue weighted by Crippen LogP contribution is 2.30. The number of hydrogen-bond donors (Lipinski definition) is 1. The zero-order valence-corrected chi connectivity index (χ0v) is 14.4. The zero-order chi connectivity index (χ0) is 16.2. The van der Waals surface area contributed by atoms with Crippen LogP contribution in [0.2, 0.25) is 0 Å². The van der Waals surface area contributed by atoms with E-state index in [9.17, 15) is 4.79 Å². The minimum absolute atomic E-state index is 0.213.